The molecule has 1 saturated heterocycles. The SMILES string of the molecule is O=C1CCN(c2cc(-c3ccccc3)ccn2)CC1=O. The number of benzene rings is 1. The lowest BCUT2D eigenvalue weighted by Gasteiger charge is -2.26. The first-order chi connectivity index (χ1) is 9.74. The molecule has 4 heteroatoms. The van der Waals surface area contributed by atoms with Crippen LogP contribution in [-0.4, -0.2) is 29.6 Å². The first kappa shape index (κ1) is 12.5. The Kier molecular flexibility index (Phi) is 3.29. The maximum Gasteiger partial charge on any atom is 0.217 e. The van der Waals surface area contributed by atoms with Gasteiger partial charge in [0.05, 0.1) is 6.54 Å². The molecular weight excluding hydrogens is 252 g/mol. The van der Waals surface area contributed by atoms with Gasteiger partial charge in [-0.3, -0.25) is 9.59 Å². The van der Waals surface area contributed by atoms with Crippen LogP contribution in [0, 0.1) is 0 Å². The number of hydrogen-bond acceptors (Lipinski definition) is 4. The van der Waals surface area contributed by atoms with E-state index in [1.807, 2.05) is 47.4 Å². The van der Waals surface area contributed by atoms with Gasteiger partial charge in [-0.25, -0.2) is 4.98 Å². The Labute approximate surface area is 117 Å². The van der Waals surface area contributed by atoms with Gasteiger partial charge in [0.2, 0.25) is 11.6 Å². The highest BCUT2D eigenvalue weighted by atomic mass is 16.2. The number of Topliss-reactive ketones (excluding diaryl/α,β-unsaturated/α-hetero) is 2. The van der Waals surface area contributed by atoms with Crippen LogP contribution in [0.1, 0.15) is 6.42 Å². The predicted octanol–water partition coefficient (Wildman–Crippen LogP) is 2.10. The Hall–Kier alpha value is -2.49. The third-order valence-electron chi connectivity index (χ3n) is 3.43. The Balaban J connectivity index is 1.88. The van der Waals surface area contributed by atoms with Crippen LogP contribution in [0.3, 0.4) is 0 Å². The number of carbonyl (C=O) groups excluding carboxylic acids is 2. The molecular formula is C16H14N2O2. The predicted molar refractivity (Wildman–Crippen MR) is 76.5 cm³/mol. The van der Waals surface area contributed by atoms with E-state index in [1.54, 1.807) is 6.20 Å². The summed E-state index contributed by atoms with van der Waals surface area (Å²) in [6, 6.07) is 13.9. The summed E-state index contributed by atoms with van der Waals surface area (Å²) in [7, 11) is 0. The fourth-order valence-corrected chi connectivity index (χ4v) is 2.31. The molecule has 0 saturated carbocycles. The Morgan fingerprint density at radius 3 is 2.50 bits per heavy atom. The van der Waals surface area contributed by atoms with E-state index in [9.17, 15) is 9.59 Å². The molecule has 100 valence electrons. The van der Waals surface area contributed by atoms with E-state index < -0.39 is 0 Å². The zero-order valence-corrected chi connectivity index (χ0v) is 11.0. The van der Waals surface area contributed by atoms with E-state index in [2.05, 4.69) is 4.98 Å². The average Bonchev–Trinajstić information content (AvgIpc) is 2.51. The van der Waals surface area contributed by atoms with Crippen LogP contribution in [0.2, 0.25) is 0 Å². The second-order valence-electron chi connectivity index (χ2n) is 4.79. The van der Waals surface area contributed by atoms with Gasteiger partial charge in [0, 0.05) is 19.2 Å². The summed E-state index contributed by atoms with van der Waals surface area (Å²) >= 11 is 0. The second kappa shape index (κ2) is 5.25. The molecule has 3 rings (SSSR count). The molecule has 0 unspecified atom stereocenters. The van der Waals surface area contributed by atoms with Crippen molar-refractivity contribution in [3.8, 4) is 11.1 Å². The van der Waals surface area contributed by atoms with Crippen molar-refractivity contribution in [2.75, 3.05) is 18.0 Å². The van der Waals surface area contributed by atoms with Crippen molar-refractivity contribution in [1.29, 1.82) is 0 Å². The van der Waals surface area contributed by atoms with Gasteiger partial charge in [-0.05, 0) is 23.3 Å². The fourth-order valence-electron chi connectivity index (χ4n) is 2.31. The minimum atomic E-state index is -0.330. The third-order valence-corrected chi connectivity index (χ3v) is 3.43. The number of ketones is 2. The average molecular weight is 266 g/mol. The van der Waals surface area contributed by atoms with Crippen molar-refractivity contribution in [3.63, 3.8) is 0 Å². The molecule has 0 spiro atoms. The minimum absolute atomic E-state index is 0.129. The maximum absolute atomic E-state index is 11.5. The number of piperidine rings is 1. The molecule has 1 aromatic carbocycles. The molecule has 0 bridgehead atoms. The van der Waals surface area contributed by atoms with E-state index >= 15 is 0 Å². The largest absolute Gasteiger partial charge is 0.348 e. The quantitative estimate of drug-likeness (QED) is 0.781. The van der Waals surface area contributed by atoms with Crippen LogP contribution in [0.4, 0.5) is 5.82 Å². The molecule has 1 aromatic heterocycles. The number of aromatic nitrogens is 1. The molecule has 0 amide bonds. The molecule has 0 aliphatic carbocycles. The van der Waals surface area contributed by atoms with Crippen molar-refractivity contribution in [2.45, 2.75) is 6.42 Å². The molecule has 2 heterocycles. The van der Waals surface area contributed by atoms with E-state index in [1.165, 1.54) is 0 Å². The molecule has 1 fully saturated rings. The summed E-state index contributed by atoms with van der Waals surface area (Å²) in [6.07, 6.45) is 2.01. The van der Waals surface area contributed by atoms with Crippen molar-refractivity contribution in [2.24, 2.45) is 0 Å². The van der Waals surface area contributed by atoms with Gasteiger partial charge >= 0.3 is 0 Å². The number of pyridine rings is 1. The normalized spacial score (nSPS) is 15.5. The summed E-state index contributed by atoms with van der Waals surface area (Å²) in [4.78, 5) is 28.9. The summed E-state index contributed by atoms with van der Waals surface area (Å²) in [5.41, 5.74) is 2.16. The van der Waals surface area contributed by atoms with Crippen LogP contribution in [-0.2, 0) is 9.59 Å². The number of nitrogens with zero attached hydrogens (tertiary/aromatic N) is 2. The van der Waals surface area contributed by atoms with Gasteiger partial charge in [-0.1, -0.05) is 30.3 Å². The van der Waals surface area contributed by atoms with Crippen molar-refractivity contribution in [3.05, 3.63) is 48.7 Å². The first-order valence-corrected chi connectivity index (χ1v) is 6.56. The van der Waals surface area contributed by atoms with E-state index in [-0.39, 0.29) is 24.5 Å². The van der Waals surface area contributed by atoms with Gasteiger partial charge in [-0.2, -0.15) is 0 Å². The summed E-state index contributed by atoms with van der Waals surface area (Å²) in [5, 5.41) is 0. The molecule has 2 aromatic rings. The summed E-state index contributed by atoms with van der Waals surface area (Å²) in [5.74, 6) is 0.135. The molecule has 0 N–H and O–H groups in total. The minimum Gasteiger partial charge on any atom is -0.348 e. The molecule has 0 atom stereocenters. The smallest absolute Gasteiger partial charge is 0.217 e. The first-order valence-electron chi connectivity index (χ1n) is 6.56. The topological polar surface area (TPSA) is 50.3 Å². The summed E-state index contributed by atoms with van der Waals surface area (Å²) in [6.45, 7) is 0.680. The highest BCUT2D eigenvalue weighted by Gasteiger charge is 2.25. The molecule has 1 aliphatic rings. The van der Waals surface area contributed by atoms with E-state index in [0.717, 1.165) is 16.9 Å². The standard InChI is InChI=1S/C16H14N2O2/c19-14-7-9-18(11-15(14)20)16-10-13(6-8-17-16)12-4-2-1-3-5-12/h1-6,8,10H,7,9,11H2. The van der Waals surface area contributed by atoms with Crippen molar-refractivity contribution >= 4 is 17.4 Å². The highest BCUT2D eigenvalue weighted by Crippen LogP contribution is 2.23. The molecule has 1 aliphatic heterocycles. The second-order valence-corrected chi connectivity index (χ2v) is 4.79. The van der Waals surface area contributed by atoms with Crippen molar-refractivity contribution in [1.82, 2.24) is 4.98 Å². The Morgan fingerprint density at radius 2 is 1.75 bits per heavy atom. The number of hydrogen-bond donors (Lipinski definition) is 0. The molecule has 0 radical (unpaired) electrons. The monoisotopic (exact) mass is 266 g/mol. The Bertz CT molecular complexity index is 653. The lowest BCUT2D eigenvalue weighted by molar-refractivity contribution is -0.136. The van der Waals surface area contributed by atoms with Gasteiger partial charge in [0.15, 0.2) is 0 Å². The van der Waals surface area contributed by atoms with Crippen LogP contribution >= 0.6 is 0 Å². The van der Waals surface area contributed by atoms with Crippen LogP contribution in [0.15, 0.2) is 48.7 Å². The van der Waals surface area contributed by atoms with E-state index in [4.69, 9.17) is 0 Å². The van der Waals surface area contributed by atoms with Crippen molar-refractivity contribution < 1.29 is 9.59 Å². The maximum atomic E-state index is 11.5. The van der Waals surface area contributed by atoms with Gasteiger partial charge in [0.25, 0.3) is 0 Å². The molecule has 4 nitrogen and oxygen atoms in total. The zero-order chi connectivity index (χ0) is 13.9. The zero-order valence-electron chi connectivity index (χ0n) is 11.0. The fraction of sp³-hybridized carbons (Fsp3) is 0.188. The number of rotatable bonds is 2. The van der Waals surface area contributed by atoms with E-state index in [0.29, 0.717) is 6.54 Å². The Morgan fingerprint density at radius 1 is 0.950 bits per heavy atom. The van der Waals surface area contributed by atoms with Gasteiger partial charge in [-0.15, -0.1) is 0 Å². The van der Waals surface area contributed by atoms with Crippen LogP contribution < -0.4 is 4.90 Å². The number of anilines is 1. The van der Waals surface area contributed by atoms with Gasteiger partial charge < -0.3 is 4.90 Å². The third kappa shape index (κ3) is 2.45. The highest BCUT2D eigenvalue weighted by molar-refractivity contribution is 6.39. The summed E-state index contributed by atoms with van der Waals surface area (Å²) < 4.78 is 0. The lowest BCUT2D eigenvalue weighted by Crippen LogP contribution is -2.41. The number of carbonyl (C=O) groups is 2. The molecule has 20 heavy (non-hydrogen) atoms. The van der Waals surface area contributed by atoms with Crippen LogP contribution in [0.25, 0.3) is 11.1 Å². The lowest BCUT2D eigenvalue weighted by atomic mass is 10.1. The van der Waals surface area contributed by atoms with Crippen LogP contribution in [0.5, 0.6) is 0 Å². The van der Waals surface area contributed by atoms with Gasteiger partial charge in [0.1, 0.15) is 5.82 Å².